The lowest BCUT2D eigenvalue weighted by molar-refractivity contribution is 0.176. The van der Waals surface area contributed by atoms with Crippen molar-refractivity contribution in [3.05, 3.63) is 35.2 Å². The molecule has 1 atom stereocenters. The van der Waals surface area contributed by atoms with E-state index in [1.807, 2.05) is 36.6 Å². The van der Waals surface area contributed by atoms with Gasteiger partial charge in [0, 0.05) is 20.9 Å². The fraction of sp³-hybridized carbons (Fsp3) is 0.438. The number of aliphatic hydroxyl groups excluding tert-OH is 1. The minimum atomic E-state index is -0.684. The van der Waals surface area contributed by atoms with Crippen molar-refractivity contribution in [2.45, 2.75) is 24.7 Å². The van der Waals surface area contributed by atoms with Gasteiger partial charge >= 0.3 is 6.03 Å². The molecule has 1 aromatic carbocycles. The van der Waals surface area contributed by atoms with Crippen molar-refractivity contribution in [1.29, 1.82) is 0 Å². The Balaban J connectivity index is 1.84. The van der Waals surface area contributed by atoms with Crippen molar-refractivity contribution >= 4 is 39.2 Å². The third-order valence-electron chi connectivity index (χ3n) is 3.46. The minimum absolute atomic E-state index is 0.00142. The van der Waals surface area contributed by atoms with Gasteiger partial charge in [-0.25, -0.2) is 4.79 Å². The van der Waals surface area contributed by atoms with E-state index in [0.717, 1.165) is 15.0 Å². The number of rotatable bonds is 6. The van der Waals surface area contributed by atoms with Crippen LogP contribution in [0.15, 0.2) is 30.3 Å². The van der Waals surface area contributed by atoms with E-state index in [4.69, 9.17) is 0 Å². The van der Waals surface area contributed by atoms with Crippen LogP contribution in [0.5, 0.6) is 0 Å². The molecule has 0 radical (unpaired) electrons. The molecule has 2 rings (SSSR count). The molecule has 2 amide bonds. The van der Waals surface area contributed by atoms with E-state index >= 15 is 0 Å². The Kier molecular flexibility index (Phi) is 5.72. The zero-order valence-corrected chi connectivity index (χ0v) is 14.7. The van der Waals surface area contributed by atoms with Crippen molar-refractivity contribution in [2.75, 3.05) is 19.3 Å². The summed E-state index contributed by atoms with van der Waals surface area (Å²) >= 11 is 3.26. The fourth-order valence-corrected chi connectivity index (χ4v) is 3.15. The second kappa shape index (κ2) is 7.35. The maximum absolute atomic E-state index is 11.8. The molecule has 0 bridgehead atoms. The Labute approximate surface area is 139 Å². The smallest absolute Gasteiger partial charge is 0.314 e. The summed E-state index contributed by atoms with van der Waals surface area (Å²) in [5, 5.41) is 16.9. The Bertz CT molecular complexity index is 607. The second-order valence-electron chi connectivity index (χ2n) is 5.73. The molecule has 0 spiro atoms. The monoisotopic (exact) mass is 338 g/mol. The highest BCUT2D eigenvalue weighted by atomic mass is 32.2. The van der Waals surface area contributed by atoms with Gasteiger partial charge in [-0.05, 0) is 37.6 Å². The van der Waals surface area contributed by atoms with Crippen LogP contribution in [0.3, 0.4) is 0 Å². The minimum Gasteiger partial charge on any atom is -0.386 e. The van der Waals surface area contributed by atoms with Crippen molar-refractivity contribution in [1.82, 2.24) is 10.6 Å². The Morgan fingerprint density at radius 2 is 2.09 bits per heavy atom. The van der Waals surface area contributed by atoms with Gasteiger partial charge in [0.05, 0.1) is 6.54 Å². The molecule has 120 valence electrons. The van der Waals surface area contributed by atoms with Gasteiger partial charge in [-0.15, -0.1) is 11.3 Å². The van der Waals surface area contributed by atoms with Crippen LogP contribution >= 0.6 is 23.1 Å². The molecule has 2 aromatic rings. The first kappa shape index (κ1) is 17.1. The Morgan fingerprint density at radius 1 is 1.36 bits per heavy atom. The number of aliphatic hydroxyl groups is 1. The molecule has 1 heterocycles. The molecular weight excluding hydrogens is 316 g/mol. The number of thioether (sulfide) groups is 1. The first-order valence-corrected chi connectivity index (χ1v) is 9.19. The molecule has 0 aliphatic carbocycles. The second-order valence-corrected chi connectivity index (χ2v) is 8.36. The largest absolute Gasteiger partial charge is 0.386 e. The molecule has 0 aliphatic rings. The molecule has 1 unspecified atom stereocenters. The maximum Gasteiger partial charge on any atom is 0.314 e. The molecule has 22 heavy (non-hydrogen) atoms. The number of carbonyl (C=O) groups is 1. The summed E-state index contributed by atoms with van der Waals surface area (Å²) in [7, 11) is 0. The normalized spacial score (nSPS) is 13.1. The summed E-state index contributed by atoms with van der Waals surface area (Å²) in [5.74, 6) is 0. The van der Waals surface area contributed by atoms with Gasteiger partial charge in [0.25, 0.3) is 0 Å². The van der Waals surface area contributed by atoms with Gasteiger partial charge in [0.2, 0.25) is 0 Å². The molecule has 6 heteroatoms. The van der Waals surface area contributed by atoms with Crippen LogP contribution in [-0.2, 0) is 0 Å². The number of benzene rings is 1. The lowest BCUT2D eigenvalue weighted by Crippen LogP contribution is -2.43. The van der Waals surface area contributed by atoms with Gasteiger partial charge in [-0.1, -0.05) is 18.2 Å². The molecule has 0 saturated heterocycles. The van der Waals surface area contributed by atoms with E-state index in [2.05, 4.69) is 24.5 Å². The van der Waals surface area contributed by atoms with E-state index in [1.54, 1.807) is 23.1 Å². The van der Waals surface area contributed by atoms with Gasteiger partial charge < -0.3 is 15.7 Å². The van der Waals surface area contributed by atoms with E-state index in [-0.39, 0.29) is 17.3 Å². The fourth-order valence-electron chi connectivity index (χ4n) is 1.88. The van der Waals surface area contributed by atoms with E-state index in [0.29, 0.717) is 6.54 Å². The van der Waals surface area contributed by atoms with Crippen LogP contribution < -0.4 is 10.6 Å². The first-order valence-electron chi connectivity index (χ1n) is 7.15. The van der Waals surface area contributed by atoms with E-state index < -0.39 is 6.10 Å². The van der Waals surface area contributed by atoms with Gasteiger partial charge in [0.1, 0.15) is 6.10 Å². The van der Waals surface area contributed by atoms with Gasteiger partial charge in [-0.2, -0.15) is 11.8 Å². The Hall–Kier alpha value is -1.24. The zero-order valence-electron chi connectivity index (χ0n) is 13.1. The number of thiophene rings is 1. The van der Waals surface area contributed by atoms with Crippen LogP contribution in [0.4, 0.5) is 4.79 Å². The van der Waals surface area contributed by atoms with Crippen LogP contribution in [0.2, 0.25) is 0 Å². The number of carbonyl (C=O) groups excluding carboxylic acids is 1. The molecule has 0 fully saturated rings. The topological polar surface area (TPSA) is 61.4 Å². The summed E-state index contributed by atoms with van der Waals surface area (Å²) in [5.41, 5.74) is 0. The molecule has 4 nitrogen and oxygen atoms in total. The molecule has 0 saturated carbocycles. The van der Waals surface area contributed by atoms with Crippen molar-refractivity contribution in [2.24, 2.45) is 0 Å². The van der Waals surface area contributed by atoms with Crippen LogP contribution in [-0.4, -0.2) is 35.2 Å². The average molecular weight is 338 g/mol. The maximum atomic E-state index is 11.8. The summed E-state index contributed by atoms with van der Waals surface area (Å²) in [6.45, 7) is 4.94. The SMILES string of the molecule is CSC(C)(C)CNC(=O)NCC(O)c1cc2ccccc2s1. The molecular formula is C16H22N2O2S2. The quantitative estimate of drug-likeness (QED) is 0.757. The third kappa shape index (κ3) is 4.63. The number of nitrogens with one attached hydrogen (secondary N) is 2. The van der Waals surface area contributed by atoms with Crippen molar-refractivity contribution < 1.29 is 9.90 Å². The average Bonchev–Trinajstić information content (AvgIpc) is 2.94. The highest BCUT2D eigenvalue weighted by molar-refractivity contribution is 7.99. The predicted octanol–water partition coefficient (Wildman–Crippen LogP) is 3.38. The lowest BCUT2D eigenvalue weighted by Gasteiger charge is -2.22. The molecule has 1 aromatic heterocycles. The van der Waals surface area contributed by atoms with Gasteiger partial charge in [0.15, 0.2) is 0 Å². The summed E-state index contributed by atoms with van der Waals surface area (Å²) < 4.78 is 1.14. The number of hydrogen-bond donors (Lipinski definition) is 3. The van der Waals surface area contributed by atoms with Crippen molar-refractivity contribution in [3.8, 4) is 0 Å². The lowest BCUT2D eigenvalue weighted by atomic mass is 10.2. The summed E-state index contributed by atoms with van der Waals surface area (Å²) in [6.07, 6.45) is 1.34. The first-order chi connectivity index (χ1) is 10.4. The van der Waals surface area contributed by atoms with Crippen molar-refractivity contribution in [3.63, 3.8) is 0 Å². The summed E-state index contributed by atoms with van der Waals surface area (Å²) in [4.78, 5) is 12.6. The van der Waals surface area contributed by atoms with Crippen LogP contribution in [0, 0.1) is 0 Å². The third-order valence-corrected chi connectivity index (χ3v) is 5.92. The Morgan fingerprint density at radius 3 is 2.77 bits per heavy atom. The van der Waals surface area contributed by atoms with E-state index in [9.17, 15) is 9.90 Å². The number of hydrogen-bond acceptors (Lipinski definition) is 4. The summed E-state index contributed by atoms with van der Waals surface area (Å²) in [6, 6.07) is 9.73. The van der Waals surface area contributed by atoms with E-state index in [1.165, 1.54) is 0 Å². The highest BCUT2D eigenvalue weighted by Crippen LogP contribution is 2.29. The number of urea groups is 1. The highest BCUT2D eigenvalue weighted by Gasteiger charge is 2.17. The standard InChI is InChI=1S/C16H22N2O2S2/c1-16(2,21-3)10-18-15(20)17-9-12(19)14-8-11-6-4-5-7-13(11)22-14/h4-8,12,19H,9-10H2,1-3H3,(H2,17,18,20). The van der Waals surface area contributed by atoms with Crippen LogP contribution in [0.25, 0.3) is 10.1 Å². The zero-order chi connectivity index (χ0) is 16.2. The number of amides is 2. The predicted molar refractivity (Wildman–Crippen MR) is 95.8 cm³/mol. The number of fused-ring (bicyclic) bond motifs is 1. The molecule has 0 aliphatic heterocycles. The van der Waals surface area contributed by atoms with Crippen LogP contribution in [0.1, 0.15) is 24.8 Å². The van der Waals surface area contributed by atoms with Gasteiger partial charge in [-0.3, -0.25) is 0 Å². The molecule has 3 N–H and O–H groups in total.